The summed E-state index contributed by atoms with van der Waals surface area (Å²) in [6.07, 6.45) is -3.79. The van der Waals surface area contributed by atoms with Crippen molar-refractivity contribution in [2.75, 3.05) is 26.4 Å². The lowest BCUT2D eigenvalue weighted by Gasteiger charge is -2.42. The standard InChI is InChI=1S/C23H23F5N2O3/c1-12-4-13-5-19-20(32-11-31-19)8-16(13)22(30(12)10-23(26,27)28)21-17(24)6-15(7-18(21)25)33-14-2-3-29-9-14/h5-8,12,14,22,29H,2-4,9-11H2,1H3/t12-,14+,22+/m1/s1. The Labute approximate surface area is 187 Å². The van der Waals surface area contributed by atoms with E-state index >= 15 is 8.78 Å². The first-order chi connectivity index (χ1) is 15.7. The van der Waals surface area contributed by atoms with Gasteiger partial charge in [-0.25, -0.2) is 8.78 Å². The van der Waals surface area contributed by atoms with E-state index in [1.165, 1.54) is 6.07 Å². The summed E-state index contributed by atoms with van der Waals surface area (Å²) in [5.41, 5.74) is 0.599. The fourth-order valence-corrected chi connectivity index (χ4v) is 4.89. The van der Waals surface area contributed by atoms with Gasteiger partial charge in [0, 0.05) is 30.3 Å². The lowest BCUT2D eigenvalue weighted by atomic mass is 9.84. The largest absolute Gasteiger partial charge is 0.489 e. The Balaban J connectivity index is 1.60. The fraction of sp³-hybridized carbons (Fsp3) is 0.478. The van der Waals surface area contributed by atoms with Crippen molar-refractivity contribution in [1.29, 1.82) is 0 Å². The number of fused-ring (bicyclic) bond motifs is 2. The van der Waals surface area contributed by atoms with Crippen LogP contribution in [0.4, 0.5) is 22.0 Å². The molecule has 3 heterocycles. The number of nitrogens with zero attached hydrogens (tertiary/aromatic N) is 1. The molecule has 3 atom stereocenters. The van der Waals surface area contributed by atoms with Gasteiger partial charge >= 0.3 is 6.18 Å². The molecule has 0 aliphatic carbocycles. The number of benzene rings is 2. The van der Waals surface area contributed by atoms with Crippen molar-refractivity contribution in [1.82, 2.24) is 10.2 Å². The number of nitrogens with one attached hydrogen (secondary N) is 1. The normalized spacial score (nSPS) is 24.7. The van der Waals surface area contributed by atoms with E-state index in [9.17, 15) is 13.2 Å². The van der Waals surface area contributed by atoms with Crippen molar-refractivity contribution in [3.8, 4) is 17.2 Å². The molecule has 5 nitrogen and oxygen atoms in total. The number of ether oxygens (including phenoxy) is 3. The molecule has 0 bridgehead atoms. The molecule has 5 rings (SSSR count). The van der Waals surface area contributed by atoms with Crippen LogP contribution in [0.15, 0.2) is 24.3 Å². The molecule has 1 saturated heterocycles. The third-order valence-electron chi connectivity index (χ3n) is 6.35. The Bertz CT molecular complexity index is 1030. The van der Waals surface area contributed by atoms with Crippen LogP contribution in [-0.2, 0) is 6.42 Å². The maximum Gasteiger partial charge on any atom is 0.401 e. The lowest BCUT2D eigenvalue weighted by molar-refractivity contribution is -0.155. The second-order valence-corrected chi connectivity index (χ2v) is 8.68. The lowest BCUT2D eigenvalue weighted by Crippen LogP contribution is -2.47. The summed E-state index contributed by atoms with van der Waals surface area (Å²) in [7, 11) is 0. The van der Waals surface area contributed by atoms with Gasteiger partial charge in [-0.15, -0.1) is 0 Å². The highest BCUT2D eigenvalue weighted by molar-refractivity contribution is 5.53. The van der Waals surface area contributed by atoms with Crippen molar-refractivity contribution in [2.45, 2.75) is 44.1 Å². The van der Waals surface area contributed by atoms with Crippen LogP contribution in [-0.4, -0.2) is 49.6 Å². The summed E-state index contributed by atoms with van der Waals surface area (Å²) in [6, 6.07) is 3.41. The van der Waals surface area contributed by atoms with E-state index in [-0.39, 0.29) is 25.1 Å². The molecule has 1 N–H and O–H groups in total. The molecule has 0 spiro atoms. The van der Waals surface area contributed by atoms with E-state index < -0.39 is 42.0 Å². The number of hydrogen-bond acceptors (Lipinski definition) is 5. The van der Waals surface area contributed by atoms with Gasteiger partial charge in [-0.3, -0.25) is 4.90 Å². The molecule has 10 heteroatoms. The fourth-order valence-electron chi connectivity index (χ4n) is 4.89. The summed E-state index contributed by atoms with van der Waals surface area (Å²) < 4.78 is 87.7. The number of hydrogen-bond donors (Lipinski definition) is 1. The van der Waals surface area contributed by atoms with Gasteiger partial charge in [0.15, 0.2) is 11.5 Å². The second kappa shape index (κ2) is 8.32. The molecule has 0 amide bonds. The van der Waals surface area contributed by atoms with E-state index in [0.717, 1.165) is 23.6 Å². The molecule has 3 aliphatic rings. The van der Waals surface area contributed by atoms with Crippen LogP contribution in [0.25, 0.3) is 0 Å². The van der Waals surface area contributed by atoms with Crippen molar-refractivity contribution in [3.05, 3.63) is 52.6 Å². The van der Waals surface area contributed by atoms with Gasteiger partial charge in [0.05, 0.1) is 12.6 Å². The Morgan fingerprint density at radius 3 is 2.42 bits per heavy atom. The van der Waals surface area contributed by atoms with Gasteiger partial charge in [-0.05, 0) is 49.6 Å². The Kier molecular flexibility index (Phi) is 5.60. The van der Waals surface area contributed by atoms with E-state index in [1.54, 1.807) is 13.0 Å². The summed E-state index contributed by atoms with van der Waals surface area (Å²) in [4.78, 5) is 1.09. The maximum absolute atomic E-state index is 15.4. The summed E-state index contributed by atoms with van der Waals surface area (Å²) >= 11 is 0. The van der Waals surface area contributed by atoms with E-state index in [0.29, 0.717) is 35.6 Å². The zero-order valence-electron chi connectivity index (χ0n) is 17.8. The molecule has 0 unspecified atom stereocenters. The minimum Gasteiger partial charge on any atom is -0.489 e. The average Bonchev–Trinajstić information content (AvgIpc) is 3.39. The highest BCUT2D eigenvalue weighted by Gasteiger charge is 2.43. The minimum atomic E-state index is -4.55. The molecule has 178 valence electrons. The van der Waals surface area contributed by atoms with Crippen molar-refractivity contribution < 1.29 is 36.2 Å². The molecular weight excluding hydrogens is 447 g/mol. The summed E-state index contributed by atoms with van der Waals surface area (Å²) in [5.74, 6) is -1.08. The molecule has 0 aromatic heterocycles. The molecule has 2 aromatic rings. The van der Waals surface area contributed by atoms with Crippen LogP contribution < -0.4 is 19.5 Å². The average molecular weight is 470 g/mol. The SMILES string of the molecule is C[C@@H]1Cc2cc3c(cc2[C@@H](c2c(F)cc(O[C@H]4CCNC4)cc2F)N1CC(F)(F)F)OCO3. The van der Waals surface area contributed by atoms with Crippen LogP contribution >= 0.6 is 0 Å². The predicted octanol–water partition coefficient (Wildman–Crippen LogP) is 4.33. The Morgan fingerprint density at radius 2 is 1.79 bits per heavy atom. The second-order valence-electron chi connectivity index (χ2n) is 8.68. The van der Waals surface area contributed by atoms with Gasteiger partial charge in [-0.2, -0.15) is 13.2 Å². The van der Waals surface area contributed by atoms with Crippen LogP contribution in [0.1, 0.15) is 36.1 Å². The molecule has 3 aliphatic heterocycles. The molecule has 2 aromatic carbocycles. The molecule has 0 saturated carbocycles. The van der Waals surface area contributed by atoms with Gasteiger partial charge < -0.3 is 19.5 Å². The van der Waals surface area contributed by atoms with Gasteiger partial charge in [0.2, 0.25) is 6.79 Å². The highest BCUT2D eigenvalue weighted by Crippen LogP contribution is 2.46. The third kappa shape index (κ3) is 4.33. The van der Waals surface area contributed by atoms with Crippen LogP contribution in [0.2, 0.25) is 0 Å². The molecule has 1 fully saturated rings. The van der Waals surface area contributed by atoms with E-state index in [1.807, 2.05) is 0 Å². The maximum atomic E-state index is 15.4. The minimum absolute atomic E-state index is 0.0135. The van der Waals surface area contributed by atoms with Crippen molar-refractivity contribution in [2.24, 2.45) is 0 Å². The number of halogens is 5. The first kappa shape index (κ1) is 22.2. The summed E-state index contributed by atoms with van der Waals surface area (Å²) in [6.45, 7) is 1.59. The van der Waals surface area contributed by atoms with Crippen LogP contribution in [0.3, 0.4) is 0 Å². The number of rotatable bonds is 4. The predicted molar refractivity (Wildman–Crippen MR) is 109 cm³/mol. The Hall–Kier alpha value is -2.59. The van der Waals surface area contributed by atoms with E-state index in [4.69, 9.17) is 14.2 Å². The van der Waals surface area contributed by atoms with E-state index in [2.05, 4.69) is 5.32 Å². The molecule has 33 heavy (non-hydrogen) atoms. The number of alkyl halides is 3. The van der Waals surface area contributed by atoms with Crippen LogP contribution in [0, 0.1) is 11.6 Å². The monoisotopic (exact) mass is 470 g/mol. The quantitative estimate of drug-likeness (QED) is 0.674. The van der Waals surface area contributed by atoms with Crippen molar-refractivity contribution in [3.63, 3.8) is 0 Å². The topological polar surface area (TPSA) is 43.0 Å². The van der Waals surface area contributed by atoms with Crippen molar-refractivity contribution >= 4 is 0 Å². The summed E-state index contributed by atoms with van der Waals surface area (Å²) in [5, 5.41) is 3.10. The Morgan fingerprint density at radius 1 is 1.09 bits per heavy atom. The first-order valence-electron chi connectivity index (χ1n) is 10.8. The van der Waals surface area contributed by atoms with Gasteiger partial charge in [0.25, 0.3) is 0 Å². The van der Waals surface area contributed by atoms with Crippen LogP contribution in [0.5, 0.6) is 17.2 Å². The molecular formula is C23H23F5N2O3. The first-order valence-corrected chi connectivity index (χ1v) is 10.8. The smallest absolute Gasteiger partial charge is 0.401 e. The van der Waals surface area contributed by atoms with Gasteiger partial charge in [0.1, 0.15) is 23.5 Å². The van der Waals surface area contributed by atoms with Gasteiger partial charge in [-0.1, -0.05) is 0 Å². The third-order valence-corrected chi connectivity index (χ3v) is 6.35. The highest BCUT2D eigenvalue weighted by atomic mass is 19.4. The zero-order valence-corrected chi connectivity index (χ0v) is 17.8. The zero-order chi connectivity index (χ0) is 23.3. The molecule has 0 radical (unpaired) electrons.